The van der Waals surface area contributed by atoms with Gasteiger partial charge in [-0.15, -0.1) is 0 Å². The third-order valence-electron chi connectivity index (χ3n) is 6.97. The Kier molecular flexibility index (Phi) is 6.43. The number of aromatic nitrogens is 2. The van der Waals surface area contributed by atoms with Crippen molar-refractivity contribution in [2.24, 2.45) is 5.92 Å². The lowest BCUT2D eigenvalue weighted by atomic mass is 9.82. The molecule has 0 radical (unpaired) electrons. The number of para-hydroxylation sites is 1. The number of nitrogens with zero attached hydrogens (tertiary/aromatic N) is 3. The van der Waals surface area contributed by atoms with E-state index in [-0.39, 0.29) is 30.0 Å². The minimum atomic E-state index is -2.01. The Hall–Kier alpha value is -4.54. The van der Waals surface area contributed by atoms with E-state index in [9.17, 15) is 24.8 Å². The van der Waals surface area contributed by atoms with Gasteiger partial charge in [0.1, 0.15) is 0 Å². The average Bonchev–Trinajstić information content (AvgIpc) is 3.37. The van der Waals surface area contributed by atoms with Gasteiger partial charge in [-0.25, -0.2) is 4.68 Å². The number of aromatic amines is 1. The van der Waals surface area contributed by atoms with Crippen LogP contribution in [0.15, 0.2) is 83.7 Å². The van der Waals surface area contributed by atoms with Crippen LogP contribution >= 0.6 is 0 Å². The molecule has 0 fully saturated rings. The normalized spacial score (nSPS) is 17.9. The van der Waals surface area contributed by atoms with Crippen molar-refractivity contribution in [2.75, 3.05) is 11.5 Å². The van der Waals surface area contributed by atoms with Gasteiger partial charge in [0.2, 0.25) is 0 Å². The number of hydrogen-bond acceptors (Lipinski definition) is 6. The molecule has 38 heavy (non-hydrogen) atoms. The molecule has 0 aliphatic carbocycles. The summed E-state index contributed by atoms with van der Waals surface area (Å²) in [6.45, 7) is 1.69. The van der Waals surface area contributed by atoms with Crippen molar-refractivity contribution >= 4 is 28.2 Å². The first-order chi connectivity index (χ1) is 18.3. The number of aliphatic hydroxyl groups excluding tert-OH is 1. The molecule has 0 spiro atoms. The number of nitrogens with one attached hydrogen (secondary N) is 1. The number of rotatable bonds is 8. The molecule has 1 aliphatic rings. The minimum absolute atomic E-state index is 0.0790. The molecule has 10 heteroatoms. The number of benzene rings is 3. The summed E-state index contributed by atoms with van der Waals surface area (Å²) in [6, 6.07) is 18.3. The van der Waals surface area contributed by atoms with Crippen LogP contribution in [0.5, 0.6) is 0 Å². The fourth-order valence-electron chi connectivity index (χ4n) is 4.89. The molecule has 10 nitrogen and oxygen atoms in total. The quantitative estimate of drug-likeness (QED) is 0.187. The number of nitro benzene ring substituents is 1. The van der Waals surface area contributed by atoms with E-state index in [0.29, 0.717) is 23.2 Å². The molecule has 3 N–H and O–H groups in total. The van der Waals surface area contributed by atoms with Crippen LogP contribution < -0.4 is 10.5 Å². The van der Waals surface area contributed by atoms with Crippen molar-refractivity contribution in [3.8, 4) is 5.69 Å². The van der Waals surface area contributed by atoms with Crippen LogP contribution in [0.3, 0.4) is 0 Å². The van der Waals surface area contributed by atoms with E-state index < -0.39 is 22.3 Å². The van der Waals surface area contributed by atoms with Gasteiger partial charge in [0.05, 0.1) is 33.7 Å². The van der Waals surface area contributed by atoms with Crippen LogP contribution in [-0.4, -0.2) is 37.4 Å². The summed E-state index contributed by atoms with van der Waals surface area (Å²) >= 11 is 0. The molecule has 194 valence electrons. The highest BCUT2D eigenvalue weighted by atomic mass is 16.6. The second-order valence-corrected chi connectivity index (χ2v) is 9.31. The van der Waals surface area contributed by atoms with Gasteiger partial charge in [-0.05, 0) is 42.3 Å². The Morgan fingerprint density at radius 1 is 1.11 bits per heavy atom. The molecular weight excluding hydrogens is 488 g/mol. The summed E-state index contributed by atoms with van der Waals surface area (Å²) < 4.78 is 1.45. The highest BCUT2D eigenvalue weighted by molar-refractivity contribution is 6.07. The van der Waals surface area contributed by atoms with Gasteiger partial charge >= 0.3 is 0 Å². The van der Waals surface area contributed by atoms with E-state index in [1.165, 1.54) is 27.8 Å². The predicted molar refractivity (Wildman–Crippen MR) is 142 cm³/mol. The predicted octanol–water partition coefficient (Wildman–Crippen LogP) is 3.54. The standard InChI is InChI=1S/C28H26N4O6/c1-18(6-4-5-15-33)28(36)23-16-21(32(37)38)13-14-25(23)30(27(28)35)17-19-9-11-20(12-10-19)31-26(34)22-7-2-3-8-24(22)29-31/h2-4,6-14,16,18,29,33,36H,5,15,17H2,1H3/b6-4+/t18-,28+/m1/s1. The summed E-state index contributed by atoms with van der Waals surface area (Å²) in [5, 5.41) is 35.8. The van der Waals surface area contributed by atoms with E-state index >= 15 is 0 Å². The zero-order valence-corrected chi connectivity index (χ0v) is 20.6. The van der Waals surface area contributed by atoms with Crippen molar-refractivity contribution in [2.45, 2.75) is 25.5 Å². The van der Waals surface area contributed by atoms with Crippen LogP contribution in [0, 0.1) is 16.0 Å². The van der Waals surface area contributed by atoms with Gasteiger partial charge in [0.25, 0.3) is 17.2 Å². The Balaban J connectivity index is 1.48. The minimum Gasteiger partial charge on any atom is -0.396 e. The lowest BCUT2D eigenvalue weighted by molar-refractivity contribution is -0.385. The second-order valence-electron chi connectivity index (χ2n) is 9.31. The molecule has 4 aromatic rings. The molecular formula is C28H26N4O6. The number of amides is 1. The molecule has 1 aliphatic heterocycles. The summed E-state index contributed by atoms with van der Waals surface area (Å²) in [7, 11) is 0. The SMILES string of the molecule is C[C@H](/C=C/CCO)[C@@]1(O)C(=O)N(Cc2ccc(-n3[nH]c4ccccc4c3=O)cc2)c2ccc([N+](=O)[O-])cc21. The van der Waals surface area contributed by atoms with Gasteiger partial charge < -0.3 is 15.1 Å². The first-order valence-corrected chi connectivity index (χ1v) is 12.2. The average molecular weight is 515 g/mol. The van der Waals surface area contributed by atoms with Crippen molar-refractivity contribution in [1.82, 2.24) is 9.78 Å². The number of aliphatic hydroxyl groups is 2. The third-order valence-corrected chi connectivity index (χ3v) is 6.97. The highest BCUT2D eigenvalue weighted by Crippen LogP contribution is 2.47. The smallest absolute Gasteiger partial charge is 0.279 e. The first-order valence-electron chi connectivity index (χ1n) is 12.2. The fourth-order valence-corrected chi connectivity index (χ4v) is 4.89. The number of non-ortho nitro benzene ring substituents is 1. The van der Waals surface area contributed by atoms with Crippen LogP contribution in [0.1, 0.15) is 24.5 Å². The van der Waals surface area contributed by atoms with Crippen LogP contribution in [-0.2, 0) is 16.9 Å². The number of hydrogen-bond donors (Lipinski definition) is 3. The largest absolute Gasteiger partial charge is 0.396 e. The number of carbonyl (C=O) groups excluding carboxylic acids is 1. The Morgan fingerprint density at radius 2 is 1.84 bits per heavy atom. The van der Waals surface area contributed by atoms with E-state index in [0.717, 1.165) is 11.1 Å². The topological polar surface area (TPSA) is 142 Å². The van der Waals surface area contributed by atoms with Crippen molar-refractivity contribution in [3.05, 3.63) is 110 Å². The van der Waals surface area contributed by atoms with E-state index in [4.69, 9.17) is 5.11 Å². The number of carbonyl (C=O) groups is 1. The van der Waals surface area contributed by atoms with E-state index in [2.05, 4.69) is 5.10 Å². The maximum absolute atomic E-state index is 13.6. The first kappa shape index (κ1) is 25.1. The molecule has 3 aromatic carbocycles. The maximum atomic E-state index is 13.6. The molecule has 1 aromatic heterocycles. The summed E-state index contributed by atoms with van der Waals surface area (Å²) in [4.78, 5) is 38.7. The monoisotopic (exact) mass is 514 g/mol. The van der Waals surface area contributed by atoms with E-state index in [1.54, 1.807) is 55.5 Å². The lowest BCUT2D eigenvalue weighted by Crippen LogP contribution is -2.44. The Labute approximate surface area is 217 Å². The molecule has 0 bridgehead atoms. The molecule has 1 amide bonds. The zero-order valence-electron chi connectivity index (χ0n) is 20.6. The van der Waals surface area contributed by atoms with Crippen molar-refractivity contribution < 1.29 is 19.9 Å². The molecule has 0 unspecified atom stereocenters. The van der Waals surface area contributed by atoms with Crippen LogP contribution in [0.25, 0.3) is 16.6 Å². The fraction of sp³-hybridized carbons (Fsp3) is 0.214. The lowest BCUT2D eigenvalue weighted by Gasteiger charge is -2.27. The highest BCUT2D eigenvalue weighted by Gasteiger charge is 2.53. The molecule has 0 saturated carbocycles. The number of nitro groups is 1. The van der Waals surface area contributed by atoms with Gasteiger partial charge in [-0.3, -0.25) is 24.8 Å². The summed E-state index contributed by atoms with van der Waals surface area (Å²) in [5.41, 5.74) is 0.228. The zero-order chi connectivity index (χ0) is 27.0. The third kappa shape index (κ3) is 4.09. The molecule has 2 heterocycles. The second kappa shape index (κ2) is 9.73. The number of H-pyrrole nitrogens is 1. The van der Waals surface area contributed by atoms with Crippen molar-refractivity contribution in [1.29, 1.82) is 0 Å². The molecule has 0 saturated heterocycles. The van der Waals surface area contributed by atoms with Crippen molar-refractivity contribution in [3.63, 3.8) is 0 Å². The maximum Gasteiger partial charge on any atom is 0.279 e. The van der Waals surface area contributed by atoms with E-state index in [1.807, 2.05) is 12.1 Å². The molecule has 5 rings (SSSR count). The molecule has 2 atom stereocenters. The van der Waals surface area contributed by atoms with Gasteiger partial charge in [0.15, 0.2) is 5.60 Å². The Bertz CT molecular complexity index is 1620. The number of anilines is 1. The number of fused-ring (bicyclic) bond motifs is 2. The van der Waals surface area contributed by atoms with Gasteiger partial charge in [-0.2, -0.15) is 0 Å². The van der Waals surface area contributed by atoms with Gasteiger partial charge in [0, 0.05) is 30.2 Å². The van der Waals surface area contributed by atoms with Crippen LogP contribution in [0.4, 0.5) is 11.4 Å². The summed E-state index contributed by atoms with van der Waals surface area (Å²) in [5.74, 6) is -1.30. The van der Waals surface area contributed by atoms with Gasteiger partial charge in [-0.1, -0.05) is 43.3 Å². The van der Waals surface area contributed by atoms with Crippen LogP contribution in [0.2, 0.25) is 0 Å². The Morgan fingerprint density at radius 3 is 2.53 bits per heavy atom. The summed E-state index contributed by atoms with van der Waals surface area (Å²) in [6.07, 6.45) is 3.65.